The summed E-state index contributed by atoms with van der Waals surface area (Å²) in [5.41, 5.74) is 8.34. The number of nitrogens with zero attached hydrogens (tertiary/aromatic N) is 2. The Morgan fingerprint density at radius 3 is 2.35 bits per heavy atom. The lowest BCUT2D eigenvalue weighted by Crippen LogP contribution is -2.46. The number of aliphatic carboxylic acids is 1. The molecule has 3 aromatic rings. The van der Waals surface area contributed by atoms with Crippen molar-refractivity contribution in [2.75, 3.05) is 17.2 Å². The van der Waals surface area contributed by atoms with Crippen LogP contribution in [0.1, 0.15) is 18.4 Å². The number of halogens is 5. The summed E-state index contributed by atoms with van der Waals surface area (Å²) in [5, 5.41) is 22.2. The fraction of sp³-hybridized carbons (Fsp3) is 0.280. The van der Waals surface area contributed by atoms with Crippen LogP contribution in [0.25, 0.3) is 10.9 Å². The van der Waals surface area contributed by atoms with Gasteiger partial charge >= 0.3 is 18.2 Å². The Labute approximate surface area is 223 Å². The van der Waals surface area contributed by atoms with Crippen LogP contribution in [0.15, 0.2) is 42.6 Å². The van der Waals surface area contributed by atoms with Gasteiger partial charge in [0.05, 0.1) is 12.1 Å². The summed E-state index contributed by atoms with van der Waals surface area (Å²) >= 11 is 0. The summed E-state index contributed by atoms with van der Waals surface area (Å²) in [7, 11) is 0. The van der Waals surface area contributed by atoms with Crippen LogP contribution in [-0.2, 0) is 16.0 Å². The van der Waals surface area contributed by atoms with Gasteiger partial charge in [-0.25, -0.2) is 18.4 Å². The Bertz CT molecular complexity index is 1450. The number of alkyl halides is 3. The molecule has 4 rings (SSSR count). The Morgan fingerprint density at radius 1 is 1.12 bits per heavy atom. The zero-order valence-corrected chi connectivity index (χ0v) is 20.6. The fourth-order valence-corrected chi connectivity index (χ4v) is 3.99. The summed E-state index contributed by atoms with van der Waals surface area (Å²) in [6.07, 6.45) is -1.62. The van der Waals surface area contributed by atoms with Crippen molar-refractivity contribution in [3.05, 3.63) is 59.8 Å². The second-order valence-electron chi connectivity index (χ2n) is 8.71. The van der Waals surface area contributed by atoms with E-state index >= 15 is 0 Å². The number of nitrogens with one attached hydrogen (secondary N) is 3. The number of nitrogens with two attached hydrogens (primary N) is 1. The number of hydrogen-bond donors (Lipinski definition) is 5. The number of amides is 3. The fourth-order valence-electron chi connectivity index (χ4n) is 3.99. The maximum atomic E-state index is 13.3. The standard InChI is InChI=1S/C23H22F2N6O2.C2HF3O2/c24-18-5-3-15(10-19(18)25)30-23(33)29-14-4-6-21-17(9-14)13(12-28-21)8-20(27)22(32)31-7-1-2-16(31)11-26;3-2(4,5)1(6)7/h3-6,9-10,12,16,20,28H,1-2,7-8,27H2,(H2,29,30,33);(H,6,7)/t16-,20?;/m0./s1. The smallest absolute Gasteiger partial charge is 0.475 e. The molecule has 0 radical (unpaired) electrons. The number of carboxylic acid groups (broad SMARTS) is 1. The molecule has 1 saturated heterocycles. The van der Waals surface area contributed by atoms with E-state index in [-0.39, 0.29) is 18.0 Å². The van der Waals surface area contributed by atoms with Crippen LogP contribution in [0.5, 0.6) is 0 Å². The minimum atomic E-state index is -5.08. The van der Waals surface area contributed by atoms with E-state index in [4.69, 9.17) is 15.6 Å². The van der Waals surface area contributed by atoms with Crippen molar-refractivity contribution in [2.45, 2.75) is 37.5 Å². The zero-order chi connectivity index (χ0) is 29.6. The van der Waals surface area contributed by atoms with E-state index in [1.165, 1.54) is 11.0 Å². The first-order valence-electron chi connectivity index (χ1n) is 11.7. The number of nitriles is 1. The number of fused-ring (bicyclic) bond motifs is 1. The van der Waals surface area contributed by atoms with Crippen molar-refractivity contribution in [3.8, 4) is 6.07 Å². The highest BCUT2D eigenvalue weighted by Gasteiger charge is 2.38. The lowest BCUT2D eigenvalue weighted by Gasteiger charge is -2.23. The van der Waals surface area contributed by atoms with E-state index in [2.05, 4.69) is 21.7 Å². The number of carbonyl (C=O) groups excluding carboxylic acids is 2. The average Bonchev–Trinajstić information content (AvgIpc) is 3.52. The second kappa shape index (κ2) is 12.4. The van der Waals surface area contributed by atoms with E-state index in [9.17, 15) is 36.8 Å². The van der Waals surface area contributed by atoms with Crippen LogP contribution in [0.2, 0.25) is 0 Å². The van der Waals surface area contributed by atoms with E-state index in [0.29, 0.717) is 18.7 Å². The quantitative estimate of drug-likeness (QED) is 0.292. The lowest BCUT2D eigenvalue weighted by atomic mass is 10.0. The molecule has 1 aliphatic heterocycles. The SMILES string of the molecule is N#C[C@@H]1CCCN1C(=O)C(N)Cc1c[nH]c2ccc(NC(=O)Nc3ccc(F)c(F)c3)cc12.O=C(O)C(F)(F)F. The number of aromatic nitrogens is 1. The van der Waals surface area contributed by atoms with Crippen LogP contribution >= 0.6 is 0 Å². The molecule has 0 aliphatic carbocycles. The molecule has 0 saturated carbocycles. The molecule has 2 aromatic carbocycles. The highest BCUT2D eigenvalue weighted by atomic mass is 19.4. The predicted molar refractivity (Wildman–Crippen MR) is 133 cm³/mol. The average molecular weight is 566 g/mol. The van der Waals surface area contributed by atoms with Gasteiger partial charge in [0, 0.05) is 41.1 Å². The molecule has 1 fully saturated rings. The second-order valence-corrected chi connectivity index (χ2v) is 8.71. The Hall–Kier alpha value is -4.71. The van der Waals surface area contributed by atoms with E-state index in [1.54, 1.807) is 24.4 Å². The van der Waals surface area contributed by atoms with Gasteiger partial charge in [0.25, 0.3) is 0 Å². The number of carboxylic acids is 1. The molecule has 0 spiro atoms. The van der Waals surface area contributed by atoms with Crippen LogP contribution in [0, 0.1) is 23.0 Å². The van der Waals surface area contributed by atoms with E-state index in [1.807, 2.05) is 0 Å². The molecule has 1 aromatic heterocycles. The van der Waals surface area contributed by atoms with Crippen molar-refractivity contribution >= 4 is 40.2 Å². The van der Waals surface area contributed by atoms with Gasteiger partial charge in [-0.15, -0.1) is 0 Å². The van der Waals surface area contributed by atoms with Crippen LogP contribution in [-0.4, -0.2) is 57.7 Å². The minimum absolute atomic E-state index is 0.108. The first kappa shape index (κ1) is 29.8. The summed E-state index contributed by atoms with van der Waals surface area (Å²) in [6.45, 7) is 0.528. The van der Waals surface area contributed by atoms with E-state index < -0.39 is 41.9 Å². The van der Waals surface area contributed by atoms with Gasteiger partial charge in [-0.05, 0) is 55.2 Å². The molecule has 6 N–H and O–H groups in total. The van der Waals surface area contributed by atoms with Gasteiger partial charge < -0.3 is 31.4 Å². The van der Waals surface area contributed by atoms with Gasteiger partial charge in [-0.1, -0.05) is 0 Å². The molecule has 212 valence electrons. The maximum Gasteiger partial charge on any atom is 0.490 e. The molecule has 2 heterocycles. The molecule has 0 bridgehead atoms. The highest BCUT2D eigenvalue weighted by molar-refractivity contribution is 6.01. The van der Waals surface area contributed by atoms with Gasteiger partial charge in [0.15, 0.2) is 11.6 Å². The zero-order valence-electron chi connectivity index (χ0n) is 20.6. The molecule has 2 atom stereocenters. The number of carbonyl (C=O) groups is 3. The first-order chi connectivity index (χ1) is 18.8. The molecule has 40 heavy (non-hydrogen) atoms. The molecular weight excluding hydrogens is 543 g/mol. The summed E-state index contributed by atoms with van der Waals surface area (Å²) in [4.78, 5) is 38.5. The number of benzene rings is 2. The van der Waals surface area contributed by atoms with Crippen molar-refractivity contribution < 1.29 is 41.4 Å². The topological polar surface area (TPSA) is 164 Å². The van der Waals surface area contributed by atoms with Crippen LogP contribution in [0.3, 0.4) is 0 Å². The summed E-state index contributed by atoms with van der Waals surface area (Å²) in [6, 6.07) is 8.53. The summed E-state index contributed by atoms with van der Waals surface area (Å²) in [5.74, 6) is -5.08. The monoisotopic (exact) mass is 566 g/mol. The molecule has 10 nitrogen and oxygen atoms in total. The molecule has 3 amide bonds. The minimum Gasteiger partial charge on any atom is -0.475 e. The predicted octanol–water partition coefficient (Wildman–Crippen LogP) is 4.11. The van der Waals surface area contributed by atoms with Crippen LogP contribution < -0.4 is 16.4 Å². The molecule has 15 heteroatoms. The van der Waals surface area contributed by atoms with Gasteiger partial charge in [-0.2, -0.15) is 18.4 Å². The van der Waals surface area contributed by atoms with Crippen molar-refractivity contribution in [1.29, 1.82) is 5.26 Å². The largest absolute Gasteiger partial charge is 0.490 e. The molecule has 1 unspecified atom stereocenters. The highest BCUT2D eigenvalue weighted by Crippen LogP contribution is 2.25. The lowest BCUT2D eigenvalue weighted by molar-refractivity contribution is -0.192. The number of H-pyrrole nitrogens is 1. The van der Waals surface area contributed by atoms with Crippen molar-refractivity contribution in [1.82, 2.24) is 9.88 Å². The van der Waals surface area contributed by atoms with Gasteiger partial charge in [0.1, 0.15) is 6.04 Å². The molecule has 1 aliphatic rings. The Morgan fingerprint density at radius 2 is 1.75 bits per heavy atom. The number of rotatable bonds is 5. The van der Waals surface area contributed by atoms with Crippen molar-refractivity contribution in [2.24, 2.45) is 5.73 Å². The number of aromatic amines is 1. The third kappa shape index (κ3) is 7.44. The third-order valence-electron chi connectivity index (χ3n) is 5.89. The van der Waals surface area contributed by atoms with Crippen molar-refractivity contribution in [3.63, 3.8) is 0 Å². The van der Waals surface area contributed by atoms with Gasteiger partial charge in [0.2, 0.25) is 5.91 Å². The Balaban J connectivity index is 0.000000559. The number of urea groups is 1. The number of hydrogen-bond acceptors (Lipinski definition) is 5. The normalized spacial score (nSPS) is 15.5. The maximum absolute atomic E-state index is 13.3. The third-order valence-corrected chi connectivity index (χ3v) is 5.89. The summed E-state index contributed by atoms with van der Waals surface area (Å²) < 4.78 is 58.1. The Kier molecular flexibility index (Phi) is 9.27. The number of anilines is 2. The van der Waals surface area contributed by atoms with Gasteiger partial charge in [-0.3, -0.25) is 4.79 Å². The first-order valence-corrected chi connectivity index (χ1v) is 11.7. The molecular formula is C25H23F5N6O4. The number of likely N-dealkylation sites (tertiary alicyclic amines) is 1. The van der Waals surface area contributed by atoms with Crippen LogP contribution in [0.4, 0.5) is 38.1 Å². The van der Waals surface area contributed by atoms with E-state index in [0.717, 1.165) is 35.0 Å².